The zero-order chi connectivity index (χ0) is 9.26. The van der Waals surface area contributed by atoms with Crippen molar-refractivity contribution >= 4 is 17.5 Å². The van der Waals surface area contributed by atoms with E-state index >= 15 is 0 Å². The Morgan fingerprint density at radius 1 is 1.54 bits per heavy atom. The van der Waals surface area contributed by atoms with Crippen LogP contribution in [0.2, 0.25) is 0 Å². The number of allylic oxidation sites excluding steroid dienone is 3. The minimum absolute atomic E-state index is 0.0130. The van der Waals surface area contributed by atoms with Crippen LogP contribution >= 0.6 is 11.6 Å². The van der Waals surface area contributed by atoms with Gasteiger partial charge in [0.15, 0.2) is 0 Å². The lowest BCUT2D eigenvalue weighted by molar-refractivity contribution is -0.115. The highest BCUT2D eigenvalue weighted by atomic mass is 35.5. The van der Waals surface area contributed by atoms with E-state index in [2.05, 4.69) is 5.32 Å². The fraction of sp³-hybridized carbons (Fsp3) is 0.300. The number of hydrogen-bond acceptors (Lipinski definition) is 1. The van der Waals surface area contributed by atoms with E-state index in [1.54, 1.807) is 6.08 Å². The van der Waals surface area contributed by atoms with Crippen molar-refractivity contribution in [2.75, 3.05) is 6.54 Å². The van der Waals surface area contributed by atoms with E-state index in [4.69, 9.17) is 11.6 Å². The van der Waals surface area contributed by atoms with Gasteiger partial charge in [-0.05, 0) is 17.6 Å². The van der Waals surface area contributed by atoms with Crippen LogP contribution in [0.1, 0.15) is 6.42 Å². The molecule has 3 heteroatoms. The van der Waals surface area contributed by atoms with Crippen molar-refractivity contribution in [1.29, 1.82) is 0 Å². The molecule has 0 aromatic rings. The molecule has 0 fully saturated rings. The van der Waals surface area contributed by atoms with Gasteiger partial charge in [-0.1, -0.05) is 18.2 Å². The van der Waals surface area contributed by atoms with Crippen LogP contribution in [0, 0.1) is 0 Å². The summed E-state index contributed by atoms with van der Waals surface area (Å²) in [6.07, 6.45) is 8.56. The van der Waals surface area contributed by atoms with E-state index in [1.165, 1.54) is 0 Å². The summed E-state index contributed by atoms with van der Waals surface area (Å²) < 4.78 is 0. The molecular formula is C10H10ClNO. The van der Waals surface area contributed by atoms with Crippen molar-refractivity contribution in [3.63, 3.8) is 0 Å². The SMILES string of the molecule is O=C1C=C(C2=CC(Cl)CC=C2)CN1. The molecule has 2 aliphatic rings. The molecule has 2 nitrogen and oxygen atoms in total. The molecule has 2 rings (SSSR count). The summed E-state index contributed by atoms with van der Waals surface area (Å²) in [5.41, 5.74) is 2.11. The smallest absolute Gasteiger partial charge is 0.244 e. The summed E-state index contributed by atoms with van der Waals surface area (Å²) in [5, 5.41) is 2.80. The molecule has 1 aliphatic heterocycles. The third-order valence-electron chi connectivity index (χ3n) is 2.15. The molecule has 0 spiro atoms. The lowest BCUT2D eigenvalue weighted by atomic mass is 10.0. The first-order valence-electron chi connectivity index (χ1n) is 4.27. The molecule has 1 heterocycles. The third kappa shape index (κ3) is 1.83. The van der Waals surface area contributed by atoms with Crippen LogP contribution in [0.15, 0.2) is 35.5 Å². The largest absolute Gasteiger partial charge is 0.348 e. The predicted molar refractivity (Wildman–Crippen MR) is 52.6 cm³/mol. The Labute approximate surface area is 82.0 Å². The molecule has 1 unspecified atom stereocenters. The summed E-state index contributed by atoms with van der Waals surface area (Å²) in [6.45, 7) is 0.624. The second-order valence-electron chi connectivity index (χ2n) is 3.16. The molecule has 1 amide bonds. The van der Waals surface area contributed by atoms with Crippen molar-refractivity contribution in [2.24, 2.45) is 0 Å². The van der Waals surface area contributed by atoms with Crippen molar-refractivity contribution < 1.29 is 4.79 Å². The molecule has 68 valence electrons. The fourth-order valence-electron chi connectivity index (χ4n) is 1.49. The second-order valence-corrected chi connectivity index (χ2v) is 3.72. The first-order valence-corrected chi connectivity index (χ1v) is 4.70. The fourth-order valence-corrected chi connectivity index (χ4v) is 1.72. The number of hydrogen-bond donors (Lipinski definition) is 1. The molecule has 0 saturated carbocycles. The van der Waals surface area contributed by atoms with E-state index in [1.807, 2.05) is 18.2 Å². The maximum atomic E-state index is 10.9. The van der Waals surface area contributed by atoms with E-state index in [0.29, 0.717) is 6.54 Å². The maximum absolute atomic E-state index is 10.9. The summed E-state index contributed by atoms with van der Waals surface area (Å²) in [5.74, 6) is -0.0130. The quantitative estimate of drug-likeness (QED) is 0.632. The van der Waals surface area contributed by atoms with Gasteiger partial charge in [0.05, 0.1) is 5.38 Å². The van der Waals surface area contributed by atoms with Crippen molar-refractivity contribution in [3.05, 3.63) is 35.5 Å². The van der Waals surface area contributed by atoms with Crippen molar-refractivity contribution in [2.45, 2.75) is 11.8 Å². The normalized spacial score (nSPS) is 26.8. The lowest BCUT2D eigenvalue weighted by Crippen LogP contribution is -2.15. The highest BCUT2D eigenvalue weighted by molar-refractivity contribution is 6.22. The summed E-state index contributed by atoms with van der Waals surface area (Å²) in [7, 11) is 0. The number of amides is 1. The Morgan fingerprint density at radius 2 is 2.38 bits per heavy atom. The van der Waals surface area contributed by atoms with Crippen LogP contribution in [0.5, 0.6) is 0 Å². The Balaban J connectivity index is 2.21. The maximum Gasteiger partial charge on any atom is 0.244 e. The number of nitrogens with one attached hydrogen (secondary N) is 1. The van der Waals surface area contributed by atoms with Gasteiger partial charge < -0.3 is 5.32 Å². The van der Waals surface area contributed by atoms with Gasteiger partial charge in [-0.25, -0.2) is 0 Å². The second kappa shape index (κ2) is 3.38. The molecule has 0 radical (unpaired) electrons. The van der Waals surface area contributed by atoms with Gasteiger partial charge in [-0.2, -0.15) is 0 Å². The van der Waals surface area contributed by atoms with Crippen LogP contribution in [0.4, 0.5) is 0 Å². The van der Waals surface area contributed by atoms with E-state index in [0.717, 1.165) is 17.6 Å². The Kier molecular flexibility index (Phi) is 2.23. The van der Waals surface area contributed by atoms with Gasteiger partial charge in [0.2, 0.25) is 5.91 Å². The highest BCUT2D eigenvalue weighted by Gasteiger charge is 2.15. The number of rotatable bonds is 1. The van der Waals surface area contributed by atoms with E-state index < -0.39 is 0 Å². The molecule has 0 saturated heterocycles. The molecular weight excluding hydrogens is 186 g/mol. The first kappa shape index (κ1) is 8.57. The predicted octanol–water partition coefficient (Wildman–Crippen LogP) is 1.54. The molecule has 0 aromatic heterocycles. The molecule has 1 aliphatic carbocycles. The van der Waals surface area contributed by atoms with Gasteiger partial charge in [0.1, 0.15) is 0 Å². The lowest BCUT2D eigenvalue weighted by Gasteiger charge is -2.10. The number of alkyl halides is 1. The summed E-state index contributed by atoms with van der Waals surface area (Å²) >= 11 is 5.97. The minimum Gasteiger partial charge on any atom is -0.348 e. The van der Waals surface area contributed by atoms with Crippen LogP contribution in [-0.2, 0) is 4.79 Å². The van der Waals surface area contributed by atoms with Crippen LogP contribution < -0.4 is 5.32 Å². The van der Waals surface area contributed by atoms with Crippen molar-refractivity contribution in [1.82, 2.24) is 5.32 Å². The first-order chi connectivity index (χ1) is 6.25. The zero-order valence-electron chi connectivity index (χ0n) is 7.09. The van der Waals surface area contributed by atoms with Crippen LogP contribution in [0.25, 0.3) is 0 Å². The minimum atomic E-state index is -0.0130. The van der Waals surface area contributed by atoms with Gasteiger partial charge in [0.25, 0.3) is 0 Å². The average molecular weight is 196 g/mol. The Morgan fingerprint density at radius 3 is 3.00 bits per heavy atom. The zero-order valence-corrected chi connectivity index (χ0v) is 7.84. The van der Waals surface area contributed by atoms with Gasteiger partial charge in [-0.3, -0.25) is 4.79 Å². The monoisotopic (exact) mass is 195 g/mol. The van der Waals surface area contributed by atoms with Gasteiger partial charge >= 0.3 is 0 Å². The topological polar surface area (TPSA) is 29.1 Å². The highest BCUT2D eigenvalue weighted by Crippen LogP contribution is 2.22. The Hall–Kier alpha value is -1.02. The summed E-state index contributed by atoms with van der Waals surface area (Å²) in [6, 6.07) is 0. The molecule has 13 heavy (non-hydrogen) atoms. The van der Waals surface area contributed by atoms with Crippen LogP contribution in [-0.4, -0.2) is 17.8 Å². The van der Waals surface area contributed by atoms with Gasteiger partial charge in [0, 0.05) is 12.6 Å². The van der Waals surface area contributed by atoms with Crippen LogP contribution in [0.3, 0.4) is 0 Å². The number of carbonyl (C=O) groups excluding carboxylic acids is 1. The molecule has 0 bridgehead atoms. The van der Waals surface area contributed by atoms with Crippen molar-refractivity contribution in [3.8, 4) is 0 Å². The Bertz CT molecular complexity index is 328. The summed E-state index contributed by atoms with van der Waals surface area (Å²) in [4.78, 5) is 10.9. The number of halogens is 1. The van der Waals surface area contributed by atoms with E-state index in [9.17, 15) is 4.79 Å². The number of carbonyl (C=O) groups is 1. The standard InChI is InChI=1S/C10H10ClNO/c11-9-3-1-2-7(4-9)8-5-10(13)12-6-8/h1-2,4-5,9H,3,6H2,(H,12,13). The third-order valence-corrected chi connectivity index (χ3v) is 2.45. The molecule has 1 atom stereocenters. The molecule has 1 N–H and O–H groups in total. The average Bonchev–Trinajstić information content (AvgIpc) is 2.52. The van der Waals surface area contributed by atoms with E-state index in [-0.39, 0.29) is 11.3 Å². The van der Waals surface area contributed by atoms with Gasteiger partial charge in [-0.15, -0.1) is 11.6 Å². The molecule has 0 aromatic carbocycles.